The Morgan fingerprint density at radius 1 is 1.55 bits per heavy atom. The summed E-state index contributed by atoms with van der Waals surface area (Å²) in [5.74, 6) is -0.249. The number of rotatable bonds is 2. The fourth-order valence-corrected chi connectivity index (χ4v) is 4.65. The van der Waals surface area contributed by atoms with Crippen LogP contribution in [-0.4, -0.2) is 36.5 Å². The normalized spacial score (nSPS) is 24.5. The number of methoxy groups -OCH3 is 1. The molecule has 0 atom stereocenters. The first-order valence-corrected chi connectivity index (χ1v) is 6.52. The van der Waals surface area contributed by atoms with Gasteiger partial charge >= 0.3 is 66.3 Å². The van der Waals surface area contributed by atoms with E-state index in [0.717, 1.165) is 25.2 Å². The van der Waals surface area contributed by atoms with Crippen LogP contribution in [-0.2, 0) is 9.53 Å². The van der Waals surface area contributed by atoms with Crippen molar-refractivity contribution in [2.24, 2.45) is 0 Å². The first-order chi connectivity index (χ1) is 5.16. The Labute approximate surface area is 67.2 Å². The van der Waals surface area contributed by atoms with Crippen molar-refractivity contribution in [1.29, 1.82) is 0 Å². The molecule has 3 nitrogen and oxygen atoms in total. The Morgan fingerprint density at radius 2 is 2.09 bits per heavy atom. The fraction of sp³-hybridized carbons (Fsp3) is 0.857. The molecular weight excluding hydrogens is 163 g/mol. The predicted octanol–water partition coefficient (Wildman–Crippen LogP) is 0.610. The molecule has 1 N–H and O–H groups in total. The molecule has 0 radical (unpaired) electrons. The van der Waals surface area contributed by atoms with E-state index in [1.165, 1.54) is 7.11 Å². The van der Waals surface area contributed by atoms with Gasteiger partial charge in [0.2, 0.25) is 0 Å². The van der Waals surface area contributed by atoms with Crippen molar-refractivity contribution in [3.8, 4) is 0 Å². The van der Waals surface area contributed by atoms with E-state index >= 15 is 0 Å². The summed E-state index contributed by atoms with van der Waals surface area (Å²) in [6, 6.07) is 0. The molecule has 1 fully saturated rings. The molecule has 0 bridgehead atoms. The molecule has 1 aliphatic heterocycles. The summed E-state index contributed by atoms with van der Waals surface area (Å²) in [5, 5.41) is 0. The van der Waals surface area contributed by atoms with E-state index < -0.39 is 7.49 Å². The van der Waals surface area contributed by atoms with Crippen molar-refractivity contribution in [3.63, 3.8) is 0 Å². The zero-order valence-electron chi connectivity index (χ0n) is 6.80. The molecule has 0 aromatic carbocycles. The average Bonchev–Trinajstić information content (AvgIpc) is 2.36. The van der Waals surface area contributed by atoms with Crippen molar-refractivity contribution in [2.75, 3.05) is 25.6 Å². The monoisotopic (exact) mass is 178 g/mol. The van der Waals surface area contributed by atoms with E-state index in [-0.39, 0.29) is 5.97 Å². The van der Waals surface area contributed by atoms with Gasteiger partial charge in [-0.25, -0.2) is 0 Å². The van der Waals surface area contributed by atoms with Crippen LogP contribution in [0.15, 0.2) is 0 Å². The zero-order valence-corrected chi connectivity index (χ0v) is 7.80. The van der Waals surface area contributed by atoms with Crippen molar-refractivity contribution in [1.82, 2.24) is 0 Å². The summed E-state index contributed by atoms with van der Waals surface area (Å²) in [5.41, 5.74) is 0. The van der Waals surface area contributed by atoms with Crippen LogP contribution in [0.1, 0.15) is 12.8 Å². The molecule has 0 aromatic heterocycles. The first-order valence-electron chi connectivity index (χ1n) is 3.95. The Balaban J connectivity index is 2.39. The Kier molecular flexibility index (Phi) is 2.85. The van der Waals surface area contributed by atoms with Crippen molar-refractivity contribution < 1.29 is 14.4 Å². The minimum atomic E-state index is -2.14. The van der Waals surface area contributed by atoms with E-state index in [2.05, 4.69) is 4.74 Å². The molecule has 4 heteroatoms. The molecule has 1 heterocycles. The van der Waals surface area contributed by atoms with Crippen LogP contribution in [0.5, 0.6) is 0 Å². The second-order valence-electron chi connectivity index (χ2n) is 3.18. The number of hydrogen-bond donors (Lipinski definition) is 1. The van der Waals surface area contributed by atoms with Crippen molar-refractivity contribution in [3.05, 3.63) is 0 Å². The van der Waals surface area contributed by atoms with Gasteiger partial charge in [0.15, 0.2) is 0 Å². The topological polar surface area (TPSA) is 46.5 Å². The Bertz CT molecular complexity index is 152. The number of hydrogen-bond acceptors (Lipinski definition) is 3. The van der Waals surface area contributed by atoms with E-state index in [1.807, 2.05) is 0 Å². The van der Waals surface area contributed by atoms with Gasteiger partial charge < -0.3 is 0 Å². The summed E-state index contributed by atoms with van der Waals surface area (Å²) in [4.78, 5) is 20.7. The molecule has 11 heavy (non-hydrogen) atoms. The van der Waals surface area contributed by atoms with Gasteiger partial charge in [-0.1, -0.05) is 0 Å². The van der Waals surface area contributed by atoms with Crippen LogP contribution in [0.2, 0.25) is 0 Å². The molecule has 0 aliphatic carbocycles. The Morgan fingerprint density at radius 3 is 2.55 bits per heavy atom. The standard InChI is InChI=1S/C7H15O3P/c1-10-7(8)6-11(9)4-2-3-5-11/h9,11H,2-6H2,1H3. The molecule has 1 aliphatic rings. The molecule has 1 saturated heterocycles. The molecule has 0 aromatic rings. The third kappa shape index (κ3) is 2.42. The number of esters is 1. The molecule has 1 rings (SSSR count). The summed E-state index contributed by atoms with van der Waals surface area (Å²) in [7, 11) is -0.775. The first kappa shape index (κ1) is 8.95. The fourth-order valence-electron chi connectivity index (χ4n) is 1.55. The van der Waals surface area contributed by atoms with Gasteiger partial charge in [0.1, 0.15) is 0 Å². The molecule has 0 spiro atoms. The van der Waals surface area contributed by atoms with Gasteiger partial charge in [0, 0.05) is 0 Å². The van der Waals surface area contributed by atoms with Crippen LogP contribution in [0.4, 0.5) is 0 Å². The minimum absolute atomic E-state index is 0.249. The van der Waals surface area contributed by atoms with Crippen LogP contribution < -0.4 is 0 Å². The second-order valence-corrected chi connectivity index (χ2v) is 6.99. The molecule has 0 saturated carbocycles. The summed E-state index contributed by atoms with van der Waals surface area (Å²) >= 11 is 0. The number of carbonyl (C=O) groups is 1. The van der Waals surface area contributed by atoms with Crippen LogP contribution >= 0.6 is 7.49 Å². The third-order valence-electron chi connectivity index (χ3n) is 2.24. The van der Waals surface area contributed by atoms with Gasteiger partial charge in [-0.3, -0.25) is 0 Å². The van der Waals surface area contributed by atoms with Gasteiger partial charge in [0.05, 0.1) is 0 Å². The van der Waals surface area contributed by atoms with Crippen LogP contribution in [0.3, 0.4) is 0 Å². The Hall–Kier alpha value is -0.140. The summed E-state index contributed by atoms with van der Waals surface area (Å²) in [6.07, 6.45) is 4.22. The average molecular weight is 178 g/mol. The van der Waals surface area contributed by atoms with Gasteiger partial charge in [0.25, 0.3) is 0 Å². The molecule has 0 amide bonds. The summed E-state index contributed by atoms with van der Waals surface area (Å²) in [6.45, 7) is 0. The molecule has 0 unspecified atom stereocenters. The molecule has 66 valence electrons. The van der Waals surface area contributed by atoms with Crippen molar-refractivity contribution in [2.45, 2.75) is 12.8 Å². The maximum atomic E-state index is 10.8. The SMILES string of the molecule is COC(=O)C[PH]1(O)CCCC1. The third-order valence-corrected chi connectivity index (χ3v) is 5.75. The maximum absolute atomic E-state index is 10.8. The van der Waals surface area contributed by atoms with Crippen LogP contribution in [0.25, 0.3) is 0 Å². The van der Waals surface area contributed by atoms with E-state index in [0.29, 0.717) is 6.16 Å². The quantitative estimate of drug-likeness (QED) is 0.497. The van der Waals surface area contributed by atoms with Gasteiger partial charge in [-0.05, 0) is 0 Å². The molecular formula is C7H15O3P. The van der Waals surface area contributed by atoms with E-state index in [1.54, 1.807) is 0 Å². The number of ether oxygens (including phenoxy) is 1. The van der Waals surface area contributed by atoms with Gasteiger partial charge in [-0.2, -0.15) is 0 Å². The zero-order chi connectivity index (χ0) is 8.32. The number of carbonyl (C=O) groups excluding carboxylic acids is 1. The predicted molar refractivity (Wildman–Crippen MR) is 46.4 cm³/mol. The van der Waals surface area contributed by atoms with E-state index in [4.69, 9.17) is 0 Å². The van der Waals surface area contributed by atoms with Crippen LogP contribution in [0, 0.1) is 0 Å². The van der Waals surface area contributed by atoms with E-state index in [9.17, 15) is 9.69 Å². The second kappa shape index (κ2) is 3.51. The van der Waals surface area contributed by atoms with Gasteiger partial charge in [-0.15, -0.1) is 0 Å². The summed E-state index contributed by atoms with van der Waals surface area (Å²) < 4.78 is 4.51. The van der Waals surface area contributed by atoms with Crippen molar-refractivity contribution >= 4 is 13.5 Å².